The molecule has 0 radical (unpaired) electrons. The Balaban J connectivity index is 1.58. The molecule has 1 amide bonds. The van der Waals surface area contributed by atoms with E-state index < -0.39 is 0 Å². The zero-order valence-corrected chi connectivity index (χ0v) is 15.8. The third-order valence-corrected chi connectivity index (χ3v) is 5.26. The lowest BCUT2D eigenvalue weighted by molar-refractivity contribution is 0.0748. The molecule has 0 saturated carbocycles. The Bertz CT molecular complexity index is 1000. The Hall–Kier alpha value is -2.79. The van der Waals surface area contributed by atoms with Gasteiger partial charge in [-0.1, -0.05) is 35.9 Å². The maximum Gasteiger partial charge on any atom is 0.256 e. The molecular weight excluding hydrogens is 362 g/mol. The number of carbonyl (C=O) groups excluding carboxylic acids is 2. The van der Waals surface area contributed by atoms with Crippen LogP contribution in [0.2, 0.25) is 5.02 Å². The second kappa shape index (κ2) is 7.08. The normalized spacial score (nSPS) is 14.6. The fraction of sp³-hybridized carbons (Fsp3) is 0.238. The van der Waals surface area contributed by atoms with Gasteiger partial charge in [-0.2, -0.15) is 0 Å². The molecule has 27 heavy (non-hydrogen) atoms. The highest BCUT2D eigenvalue weighted by molar-refractivity contribution is 6.31. The smallest absolute Gasteiger partial charge is 0.256 e. The van der Waals surface area contributed by atoms with E-state index in [1.165, 1.54) is 17.2 Å². The summed E-state index contributed by atoms with van der Waals surface area (Å²) in [5.74, 6) is -0.190. The van der Waals surface area contributed by atoms with Crippen LogP contribution in [-0.4, -0.2) is 47.5 Å². The van der Waals surface area contributed by atoms with Crippen LogP contribution in [-0.2, 0) is 0 Å². The molecule has 1 aromatic heterocycles. The summed E-state index contributed by atoms with van der Waals surface area (Å²) in [5.41, 5.74) is 2.39. The van der Waals surface area contributed by atoms with Gasteiger partial charge in [0.15, 0.2) is 0 Å². The number of amides is 1. The number of halogens is 1. The average molecular weight is 382 g/mol. The van der Waals surface area contributed by atoms with E-state index in [-0.39, 0.29) is 11.8 Å². The maximum atomic E-state index is 13.1. The first kappa shape index (κ1) is 17.6. The van der Waals surface area contributed by atoms with Gasteiger partial charge < -0.3 is 9.80 Å². The van der Waals surface area contributed by atoms with Crippen molar-refractivity contribution < 1.29 is 9.59 Å². The van der Waals surface area contributed by atoms with Crippen LogP contribution in [0.5, 0.6) is 0 Å². The lowest BCUT2D eigenvalue weighted by Gasteiger charge is -2.36. The monoisotopic (exact) mass is 381 g/mol. The van der Waals surface area contributed by atoms with Crippen LogP contribution in [0.1, 0.15) is 22.1 Å². The van der Waals surface area contributed by atoms with Crippen molar-refractivity contribution in [3.8, 4) is 0 Å². The molecule has 138 valence electrons. The van der Waals surface area contributed by atoms with Gasteiger partial charge in [-0.05, 0) is 24.3 Å². The molecule has 0 N–H and O–H groups in total. The number of anilines is 1. The van der Waals surface area contributed by atoms with E-state index in [1.807, 2.05) is 29.2 Å². The number of rotatable bonds is 2. The fourth-order valence-electron chi connectivity index (χ4n) is 3.61. The summed E-state index contributed by atoms with van der Waals surface area (Å²) in [6.07, 6.45) is 1.63. The van der Waals surface area contributed by atoms with Crippen molar-refractivity contribution >= 4 is 40.0 Å². The van der Waals surface area contributed by atoms with Crippen molar-refractivity contribution in [3.05, 3.63) is 65.3 Å². The Labute approximate surface area is 162 Å². The van der Waals surface area contributed by atoms with E-state index in [2.05, 4.69) is 17.0 Å². The number of nitrogens with zero attached hydrogens (tertiary/aromatic N) is 3. The second-order valence-corrected chi connectivity index (χ2v) is 7.14. The fourth-order valence-corrected chi connectivity index (χ4v) is 3.77. The quantitative estimate of drug-likeness (QED) is 0.676. The van der Waals surface area contributed by atoms with Crippen molar-refractivity contribution in [2.24, 2.45) is 0 Å². The van der Waals surface area contributed by atoms with Gasteiger partial charge in [-0.15, -0.1) is 0 Å². The lowest BCUT2D eigenvalue weighted by atomic mass is 10.1. The van der Waals surface area contributed by atoms with Crippen LogP contribution < -0.4 is 4.90 Å². The summed E-state index contributed by atoms with van der Waals surface area (Å²) < 4.78 is 1.49. The molecule has 6 heteroatoms. The van der Waals surface area contributed by atoms with Crippen molar-refractivity contribution in [2.45, 2.75) is 6.92 Å². The van der Waals surface area contributed by atoms with Crippen molar-refractivity contribution in [2.75, 3.05) is 31.1 Å². The minimum atomic E-state index is -0.143. The van der Waals surface area contributed by atoms with Crippen LogP contribution in [0, 0.1) is 0 Å². The number of hydrogen-bond acceptors (Lipinski definition) is 3. The molecule has 1 fully saturated rings. The molecular formula is C21H20ClN3O2. The summed E-state index contributed by atoms with van der Waals surface area (Å²) in [6.45, 7) is 4.34. The molecule has 0 unspecified atom stereocenters. The van der Waals surface area contributed by atoms with Gasteiger partial charge in [-0.3, -0.25) is 14.2 Å². The molecule has 2 heterocycles. The molecule has 5 nitrogen and oxygen atoms in total. The minimum Gasteiger partial charge on any atom is -0.368 e. The van der Waals surface area contributed by atoms with E-state index in [9.17, 15) is 9.59 Å². The maximum absolute atomic E-state index is 13.1. The van der Waals surface area contributed by atoms with Crippen molar-refractivity contribution in [1.82, 2.24) is 9.47 Å². The van der Waals surface area contributed by atoms with E-state index in [0.717, 1.165) is 18.5 Å². The standard InChI is InChI=1S/C21H20ClN3O2/c1-15(26)25-14-19(18-8-7-16(22)13-20(18)25)21(27)24-11-9-23(10-12-24)17-5-3-2-4-6-17/h2-8,13-14H,9-12H2,1H3. The van der Waals surface area contributed by atoms with Crippen LogP contribution in [0.25, 0.3) is 10.9 Å². The average Bonchev–Trinajstić information content (AvgIpc) is 3.07. The Morgan fingerprint density at radius 2 is 1.67 bits per heavy atom. The number of benzene rings is 2. The van der Waals surface area contributed by atoms with Crippen molar-refractivity contribution in [3.63, 3.8) is 0 Å². The first-order chi connectivity index (χ1) is 13.0. The summed E-state index contributed by atoms with van der Waals surface area (Å²) in [7, 11) is 0. The Kier molecular flexibility index (Phi) is 4.62. The SMILES string of the molecule is CC(=O)n1cc(C(=O)N2CCN(c3ccccc3)CC2)c2ccc(Cl)cc21. The number of hydrogen-bond donors (Lipinski definition) is 0. The van der Waals surface area contributed by atoms with Gasteiger partial charge >= 0.3 is 0 Å². The predicted octanol–water partition coefficient (Wildman–Crippen LogP) is 3.92. The van der Waals surface area contributed by atoms with Crippen LogP contribution in [0.4, 0.5) is 5.69 Å². The largest absolute Gasteiger partial charge is 0.368 e. The lowest BCUT2D eigenvalue weighted by Crippen LogP contribution is -2.48. The van der Waals surface area contributed by atoms with Crippen LogP contribution in [0.3, 0.4) is 0 Å². The zero-order valence-electron chi connectivity index (χ0n) is 15.1. The zero-order chi connectivity index (χ0) is 19.0. The first-order valence-corrected chi connectivity index (χ1v) is 9.33. The van der Waals surface area contributed by atoms with E-state index in [0.29, 0.717) is 29.2 Å². The molecule has 0 atom stereocenters. The number of aromatic nitrogens is 1. The predicted molar refractivity (Wildman–Crippen MR) is 108 cm³/mol. The second-order valence-electron chi connectivity index (χ2n) is 6.71. The van der Waals surface area contributed by atoms with E-state index in [1.54, 1.807) is 18.3 Å². The molecule has 0 spiro atoms. The summed E-state index contributed by atoms with van der Waals surface area (Å²) >= 11 is 6.08. The van der Waals surface area contributed by atoms with Gasteiger partial charge in [0.2, 0.25) is 5.91 Å². The van der Waals surface area contributed by atoms with Crippen molar-refractivity contribution in [1.29, 1.82) is 0 Å². The van der Waals surface area contributed by atoms with Crippen LogP contribution in [0.15, 0.2) is 54.7 Å². The van der Waals surface area contributed by atoms with Gasteiger partial charge in [0.25, 0.3) is 5.91 Å². The van der Waals surface area contributed by atoms with Gasteiger partial charge in [0, 0.05) is 55.4 Å². The molecule has 2 aromatic carbocycles. The van der Waals surface area contributed by atoms with E-state index in [4.69, 9.17) is 11.6 Å². The van der Waals surface area contributed by atoms with Crippen LogP contribution >= 0.6 is 11.6 Å². The third kappa shape index (κ3) is 3.30. The van der Waals surface area contributed by atoms with Gasteiger partial charge in [0.05, 0.1) is 11.1 Å². The molecule has 0 bridgehead atoms. The Morgan fingerprint density at radius 1 is 0.963 bits per heavy atom. The van der Waals surface area contributed by atoms with E-state index >= 15 is 0 Å². The number of piperazine rings is 1. The highest BCUT2D eigenvalue weighted by Crippen LogP contribution is 2.26. The molecule has 1 aliphatic heterocycles. The highest BCUT2D eigenvalue weighted by Gasteiger charge is 2.25. The Morgan fingerprint density at radius 3 is 2.33 bits per heavy atom. The molecule has 1 saturated heterocycles. The summed E-state index contributed by atoms with van der Waals surface area (Å²) in [6, 6.07) is 15.5. The topological polar surface area (TPSA) is 45.6 Å². The molecule has 0 aliphatic carbocycles. The molecule has 4 rings (SSSR count). The van der Waals surface area contributed by atoms with Gasteiger partial charge in [0.1, 0.15) is 0 Å². The molecule has 1 aliphatic rings. The van der Waals surface area contributed by atoms with Gasteiger partial charge in [-0.25, -0.2) is 0 Å². The molecule has 3 aromatic rings. The number of fused-ring (bicyclic) bond motifs is 1. The minimum absolute atomic E-state index is 0.0463. The highest BCUT2D eigenvalue weighted by atomic mass is 35.5. The number of para-hydroxylation sites is 1. The first-order valence-electron chi connectivity index (χ1n) is 8.95. The summed E-state index contributed by atoms with van der Waals surface area (Å²) in [4.78, 5) is 29.2. The third-order valence-electron chi connectivity index (χ3n) is 5.03. The number of carbonyl (C=O) groups is 2. The summed E-state index contributed by atoms with van der Waals surface area (Å²) in [5, 5.41) is 1.30.